The van der Waals surface area contributed by atoms with Crippen LogP contribution >= 0.6 is 22.9 Å². The van der Waals surface area contributed by atoms with Crippen molar-refractivity contribution < 1.29 is 17.4 Å². The molecule has 0 saturated carbocycles. The third-order valence-corrected chi connectivity index (χ3v) is 9.22. The number of benzene rings is 2. The number of aromatic nitrogens is 1. The predicted octanol–water partition coefficient (Wildman–Crippen LogP) is 5.20. The Kier molecular flexibility index (Phi) is 6.46. The summed E-state index contributed by atoms with van der Waals surface area (Å²) in [5.41, 5.74) is 0.174. The van der Waals surface area contributed by atoms with Crippen LogP contribution in [-0.2, 0) is 21.0 Å². The molecule has 0 aliphatic heterocycles. The number of hydrogen-bond donors (Lipinski definition) is 0. The standard InChI is InChI=1S/C19H17ClFNO3S3/c1-12(2)11-27(23)19-18(28(24,25)14-9-7-13(20)8-10-14)22-17(26-19)15-5-3-4-6-16(15)21/h3-10,12H,11H2,1-2H3. The maximum atomic E-state index is 14.2. The van der Waals surface area contributed by atoms with Crippen LogP contribution in [0.1, 0.15) is 13.8 Å². The van der Waals surface area contributed by atoms with Gasteiger partial charge in [0, 0.05) is 10.6 Å². The van der Waals surface area contributed by atoms with Crippen molar-refractivity contribution in [1.29, 1.82) is 0 Å². The molecule has 3 rings (SSSR count). The Hall–Kier alpha value is -1.45. The number of nitrogens with zero attached hydrogens (tertiary/aromatic N) is 1. The van der Waals surface area contributed by atoms with E-state index in [2.05, 4.69) is 4.98 Å². The fraction of sp³-hybridized carbons (Fsp3) is 0.211. The topological polar surface area (TPSA) is 70.1 Å². The molecule has 1 atom stereocenters. The van der Waals surface area contributed by atoms with E-state index in [9.17, 15) is 17.4 Å². The lowest BCUT2D eigenvalue weighted by atomic mass is 10.2. The molecule has 0 fully saturated rings. The average molecular weight is 458 g/mol. The molecular weight excluding hydrogens is 441 g/mol. The van der Waals surface area contributed by atoms with E-state index in [1.54, 1.807) is 6.07 Å². The first-order valence-electron chi connectivity index (χ1n) is 8.35. The molecule has 3 aromatic rings. The molecule has 0 amide bonds. The average Bonchev–Trinajstić information content (AvgIpc) is 3.08. The van der Waals surface area contributed by atoms with E-state index in [4.69, 9.17) is 11.6 Å². The molecule has 148 valence electrons. The number of thiazole rings is 1. The number of hydrogen-bond acceptors (Lipinski definition) is 5. The first kappa shape index (κ1) is 21.3. The Labute approximate surface area is 175 Å². The molecule has 2 aromatic carbocycles. The van der Waals surface area contributed by atoms with Crippen LogP contribution in [0.5, 0.6) is 0 Å². The third-order valence-electron chi connectivity index (χ3n) is 3.74. The molecule has 0 saturated heterocycles. The van der Waals surface area contributed by atoms with Gasteiger partial charge in [-0.25, -0.2) is 17.8 Å². The Balaban J connectivity index is 2.18. The summed E-state index contributed by atoms with van der Waals surface area (Å²) < 4.78 is 53.5. The lowest BCUT2D eigenvalue weighted by Gasteiger charge is -2.12. The molecule has 1 unspecified atom stereocenters. The molecule has 28 heavy (non-hydrogen) atoms. The second kappa shape index (κ2) is 8.51. The Morgan fingerprint density at radius 2 is 1.82 bits per heavy atom. The number of rotatable bonds is 6. The van der Waals surface area contributed by atoms with Crippen molar-refractivity contribution in [1.82, 2.24) is 4.98 Å². The summed E-state index contributed by atoms with van der Waals surface area (Å²) in [6.07, 6.45) is 0. The molecule has 1 aromatic heterocycles. The van der Waals surface area contributed by atoms with Gasteiger partial charge in [0.15, 0.2) is 0 Å². The summed E-state index contributed by atoms with van der Waals surface area (Å²) >= 11 is 5.21. The predicted molar refractivity (Wildman–Crippen MR) is 111 cm³/mol. The van der Waals surface area contributed by atoms with Gasteiger partial charge in [-0.15, -0.1) is 0 Å². The normalized spacial score (nSPS) is 13.1. The molecule has 0 bridgehead atoms. The summed E-state index contributed by atoms with van der Waals surface area (Å²) in [6.45, 7) is 3.79. The zero-order valence-corrected chi connectivity index (χ0v) is 18.3. The van der Waals surface area contributed by atoms with Crippen LogP contribution in [0.2, 0.25) is 5.02 Å². The zero-order chi connectivity index (χ0) is 20.5. The molecule has 1 heterocycles. The van der Waals surface area contributed by atoms with Crippen LogP contribution in [0.25, 0.3) is 10.6 Å². The van der Waals surface area contributed by atoms with Crippen molar-refractivity contribution in [2.24, 2.45) is 5.92 Å². The van der Waals surface area contributed by atoms with Crippen molar-refractivity contribution in [3.63, 3.8) is 0 Å². The Bertz CT molecular complexity index is 1080. The molecule has 0 spiro atoms. The Morgan fingerprint density at radius 3 is 2.43 bits per heavy atom. The smallest absolute Gasteiger partial charge is 0.246 e. The number of halogens is 2. The largest absolute Gasteiger partial charge is 0.611 e. The summed E-state index contributed by atoms with van der Waals surface area (Å²) in [5, 5.41) is 0.280. The highest BCUT2D eigenvalue weighted by atomic mass is 35.5. The van der Waals surface area contributed by atoms with E-state index in [-0.39, 0.29) is 36.4 Å². The van der Waals surface area contributed by atoms with Gasteiger partial charge >= 0.3 is 0 Å². The van der Waals surface area contributed by atoms with Crippen molar-refractivity contribution in [2.75, 3.05) is 5.75 Å². The van der Waals surface area contributed by atoms with Crippen molar-refractivity contribution in [3.8, 4) is 10.6 Å². The lowest BCUT2D eigenvalue weighted by Crippen LogP contribution is -2.14. The van der Waals surface area contributed by atoms with Gasteiger partial charge in [0.2, 0.25) is 19.1 Å². The van der Waals surface area contributed by atoms with E-state index < -0.39 is 26.8 Å². The second-order valence-corrected chi connectivity index (χ2v) is 11.4. The Morgan fingerprint density at radius 1 is 1.18 bits per heavy atom. The quantitative estimate of drug-likeness (QED) is 0.477. The highest BCUT2D eigenvalue weighted by Gasteiger charge is 2.34. The molecular formula is C19H17ClFNO3S3. The second-order valence-electron chi connectivity index (χ2n) is 6.45. The summed E-state index contributed by atoms with van der Waals surface area (Å²) in [5.74, 6) is -0.152. The van der Waals surface area contributed by atoms with Crippen LogP contribution < -0.4 is 0 Å². The van der Waals surface area contributed by atoms with E-state index in [0.29, 0.717) is 5.02 Å². The molecule has 4 nitrogen and oxygen atoms in total. The lowest BCUT2D eigenvalue weighted by molar-refractivity contribution is 0.574. The number of sulfone groups is 1. The minimum Gasteiger partial charge on any atom is -0.611 e. The van der Waals surface area contributed by atoms with Crippen LogP contribution in [0.4, 0.5) is 4.39 Å². The van der Waals surface area contributed by atoms with Gasteiger partial charge in [-0.05, 0) is 53.5 Å². The van der Waals surface area contributed by atoms with Crippen molar-refractivity contribution in [3.05, 3.63) is 59.4 Å². The van der Waals surface area contributed by atoms with Crippen LogP contribution in [0.15, 0.2) is 62.7 Å². The van der Waals surface area contributed by atoms with E-state index in [1.165, 1.54) is 42.5 Å². The van der Waals surface area contributed by atoms with Gasteiger partial charge in [-0.1, -0.05) is 48.9 Å². The maximum Gasteiger partial charge on any atom is 0.246 e. The third kappa shape index (κ3) is 4.41. The molecule has 0 radical (unpaired) electrons. The monoisotopic (exact) mass is 457 g/mol. The first-order valence-corrected chi connectivity index (χ1v) is 12.3. The van der Waals surface area contributed by atoms with E-state index in [1.807, 2.05) is 13.8 Å². The fourth-order valence-electron chi connectivity index (χ4n) is 2.46. The van der Waals surface area contributed by atoms with Gasteiger partial charge < -0.3 is 4.55 Å². The van der Waals surface area contributed by atoms with E-state index in [0.717, 1.165) is 11.3 Å². The van der Waals surface area contributed by atoms with Crippen LogP contribution in [-0.4, -0.2) is 23.7 Å². The summed E-state index contributed by atoms with van der Waals surface area (Å²) in [6, 6.07) is 11.6. The van der Waals surface area contributed by atoms with Crippen molar-refractivity contribution >= 4 is 44.0 Å². The highest BCUT2D eigenvalue weighted by molar-refractivity contribution is 7.96. The molecule has 0 N–H and O–H groups in total. The minimum atomic E-state index is -4.04. The summed E-state index contributed by atoms with van der Waals surface area (Å²) in [4.78, 5) is 4.20. The van der Waals surface area contributed by atoms with Crippen molar-refractivity contribution in [2.45, 2.75) is 28.0 Å². The minimum absolute atomic E-state index is 0.00918. The fourth-order valence-corrected chi connectivity index (χ4v) is 7.38. The van der Waals surface area contributed by atoms with Gasteiger partial charge in [0.1, 0.15) is 16.6 Å². The van der Waals surface area contributed by atoms with Crippen LogP contribution in [0.3, 0.4) is 0 Å². The van der Waals surface area contributed by atoms with Gasteiger partial charge in [-0.3, -0.25) is 0 Å². The highest BCUT2D eigenvalue weighted by Crippen LogP contribution is 2.38. The SMILES string of the molecule is CC(C)C[S+]([O-])c1sc(-c2ccccc2F)nc1S(=O)(=O)c1ccc(Cl)cc1. The van der Waals surface area contributed by atoms with Gasteiger partial charge in [0.25, 0.3) is 0 Å². The van der Waals surface area contributed by atoms with E-state index >= 15 is 0 Å². The zero-order valence-electron chi connectivity index (χ0n) is 15.1. The maximum absolute atomic E-state index is 14.2. The van der Waals surface area contributed by atoms with Gasteiger partial charge in [-0.2, -0.15) is 0 Å². The van der Waals surface area contributed by atoms with Crippen LogP contribution in [0, 0.1) is 11.7 Å². The molecule has 9 heteroatoms. The molecule has 0 aliphatic rings. The summed E-state index contributed by atoms with van der Waals surface area (Å²) in [7, 11) is -4.04. The first-order chi connectivity index (χ1) is 13.2. The molecule has 0 aliphatic carbocycles. The van der Waals surface area contributed by atoms with Gasteiger partial charge in [0.05, 0.1) is 4.90 Å².